The highest BCUT2D eigenvalue weighted by Crippen LogP contribution is 2.27. The number of rotatable bonds is 13. The number of H-pyrrole nitrogens is 1. The summed E-state index contributed by atoms with van der Waals surface area (Å²) in [6.45, 7) is 4.04. The van der Waals surface area contributed by atoms with Crippen molar-refractivity contribution >= 4 is 55.5 Å². The van der Waals surface area contributed by atoms with Crippen LogP contribution in [0.3, 0.4) is 0 Å². The molecule has 5 nitrogen and oxygen atoms in total. The molecule has 2 aromatic carbocycles. The van der Waals surface area contributed by atoms with Crippen LogP contribution in [0.15, 0.2) is 47.3 Å². The molecule has 0 aliphatic carbocycles. The molecule has 0 amide bonds. The fourth-order valence-electron chi connectivity index (χ4n) is 3.47. The van der Waals surface area contributed by atoms with Gasteiger partial charge in [-0.1, -0.05) is 60.6 Å². The van der Waals surface area contributed by atoms with Crippen molar-refractivity contribution in [3.63, 3.8) is 0 Å². The van der Waals surface area contributed by atoms with Gasteiger partial charge in [-0.25, -0.2) is 0 Å². The Kier molecular flexibility index (Phi) is 14.0. The first-order valence-corrected chi connectivity index (χ1v) is 11.3. The average molecular weight is 575 g/mol. The second kappa shape index (κ2) is 15.6. The molecule has 3 aromatic rings. The summed E-state index contributed by atoms with van der Waals surface area (Å²) in [6.07, 6.45) is 6.87. The first-order valence-electron chi connectivity index (χ1n) is 10.5. The van der Waals surface area contributed by atoms with Crippen LogP contribution in [0.5, 0.6) is 5.75 Å². The minimum Gasteiger partial charge on any atom is -0.506 e. The van der Waals surface area contributed by atoms with Crippen molar-refractivity contribution in [3.8, 4) is 5.75 Å². The van der Waals surface area contributed by atoms with Crippen LogP contribution in [0, 0.1) is 0 Å². The van der Waals surface area contributed by atoms with Gasteiger partial charge in [-0.3, -0.25) is 4.79 Å². The molecule has 0 aliphatic rings. The van der Waals surface area contributed by atoms with Crippen molar-refractivity contribution in [1.82, 2.24) is 15.6 Å². The number of nitrogens with one attached hydrogen (secondary N) is 3. The molecule has 1 aromatic heterocycles. The van der Waals surface area contributed by atoms with Crippen LogP contribution >= 0.6 is 45.3 Å². The Labute approximate surface area is 209 Å². The number of thiazole rings is 1. The standard InChI is InChI=1S/C23H31N3O2S.2BrH/c27-20-11-10-19(22-21(20)26-23(28)29-22)13-17-25-15-7-2-1-6-14-24-16-12-18-8-4-3-5-9-18;;/h3-5,8-11,24-25,27H,1-2,6-7,12-17H2,(H,26,28);2*1H. The average Bonchev–Trinajstić information content (AvgIpc) is 3.13. The van der Waals surface area contributed by atoms with Crippen LogP contribution in [0.2, 0.25) is 0 Å². The molecule has 0 aliphatic heterocycles. The maximum Gasteiger partial charge on any atom is 0.305 e. The second-order valence-electron chi connectivity index (χ2n) is 7.36. The summed E-state index contributed by atoms with van der Waals surface area (Å²) in [5.41, 5.74) is 3.06. The molecule has 1 heterocycles. The summed E-state index contributed by atoms with van der Waals surface area (Å²) in [4.78, 5) is 14.1. The molecule has 0 fully saturated rings. The Morgan fingerprint density at radius 1 is 0.806 bits per heavy atom. The maximum atomic E-state index is 11.5. The third-order valence-corrected chi connectivity index (χ3v) is 6.06. The summed E-state index contributed by atoms with van der Waals surface area (Å²) in [5, 5.41) is 16.9. The number of aromatic amines is 1. The minimum absolute atomic E-state index is 0. The zero-order chi connectivity index (χ0) is 20.3. The van der Waals surface area contributed by atoms with Crippen LogP contribution in [0.1, 0.15) is 36.8 Å². The summed E-state index contributed by atoms with van der Waals surface area (Å²) in [7, 11) is 0. The molecule has 0 radical (unpaired) electrons. The lowest BCUT2D eigenvalue weighted by Gasteiger charge is -2.07. The highest BCUT2D eigenvalue weighted by Gasteiger charge is 2.09. The van der Waals surface area contributed by atoms with Gasteiger partial charge in [0.2, 0.25) is 0 Å². The summed E-state index contributed by atoms with van der Waals surface area (Å²) in [6, 6.07) is 14.2. The Morgan fingerprint density at radius 3 is 2.13 bits per heavy atom. The highest BCUT2D eigenvalue weighted by atomic mass is 79.9. The van der Waals surface area contributed by atoms with Crippen LogP contribution < -0.4 is 15.5 Å². The lowest BCUT2D eigenvalue weighted by atomic mass is 10.1. The van der Waals surface area contributed by atoms with Gasteiger partial charge in [0, 0.05) is 0 Å². The van der Waals surface area contributed by atoms with Gasteiger partial charge in [-0.15, -0.1) is 34.0 Å². The number of benzene rings is 2. The van der Waals surface area contributed by atoms with Crippen molar-refractivity contribution in [2.45, 2.75) is 38.5 Å². The molecule has 0 saturated carbocycles. The smallest absolute Gasteiger partial charge is 0.305 e. The first kappa shape index (κ1) is 27.8. The third-order valence-electron chi connectivity index (χ3n) is 5.10. The molecule has 0 atom stereocenters. The van der Waals surface area contributed by atoms with E-state index < -0.39 is 0 Å². The first-order chi connectivity index (χ1) is 14.2. The van der Waals surface area contributed by atoms with Gasteiger partial charge in [0.05, 0.1) is 4.70 Å². The van der Waals surface area contributed by atoms with Crippen molar-refractivity contribution in [1.29, 1.82) is 0 Å². The molecule has 31 heavy (non-hydrogen) atoms. The number of phenols is 1. The monoisotopic (exact) mass is 573 g/mol. The minimum atomic E-state index is -0.120. The molecular weight excluding hydrogens is 542 g/mol. The van der Waals surface area contributed by atoms with Crippen molar-refractivity contribution in [3.05, 3.63) is 63.3 Å². The Bertz CT molecular complexity index is 931. The summed E-state index contributed by atoms with van der Waals surface area (Å²) in [5.74, 6) is 0.143. The van der Waals surface area contributed by atoms with E-state index in [0.717, 1.165) is 49.3 Å². The van der Waals surface area contributed by atoms with Gasteiger partial charge in [-0.05, 0) is 69.1 Å². The quantitative estimate of drug-likeness (QED) is 0.217. The number of hydrogen-bond acceptors (Lipinski definition) is 5. The molecular formula is C23H33Br2N3O2S. The van der Waals surface area contributed by atoms with E-state index in [1.807, 2.05) is 6.07 Å². The lowest BCUT2D eigenvalue weighted by molar-refractivity contribution is 0.480. The molecule has 3 rings (SSSR count). The van der Waals surface area contributed by atoms with Crippen molar-refractivity contribution < 1.29 is 5.11 Å². The molecule has 0 bridgehead atoms. The van der Waals surface area contributed by atoms with E-state index >= 15 is 0 Å². The van der Waals surface area contributed by atoms with E-state index in [9.17, 15) is 9.90 Å². The predicted octanol–water partition coefficient (Wildman–Crippen LogP) is 4.98. The fourth-order valence-corrected chi connectivity index (χ4v) is 4.37. The molecule has 0 spiro atoms. The number of phenolic OH excluding ortho intramolecular Hbond substituents is 1. The van der Waals surface area contributed by atoms with E-state index in [-0.39, 0.29) is 44.6 Å². The van der Waals surface area contributed by atoms with Crippen LogP contribution in [0.25, 0.3) is 10.2 Å². The van der Waals surface area contributed by atoms with Crippen LogP contribution in [-0.4, -0.2) is 36.3 Å². The van der Waals surface area contributed by atoms with Crippen LogP contribution in [-0.2, 0) is 12.8 Å². The van der Waals surface area contributed by atoms with Crippen molar-refractivity contribution in [2.24, 2.45) is 0 Å². The normalized spacial score (nSPS) is 10.6. The number of hydrogen-bond donors (Lipinski definition) is 4. The van der Waals surface area contributed by atoms with Gasteiger partial charge < -0.3 is 20.7 Å². The van der Waals surface area contributed by atoms with Gasteiger partial charge in [0.1, 0.15) is 11.3 Å². The van der Waals surface area contributed by atoms with Crippen LogP contribution in [0.4, 0.5) is 0 Å². The largest absolute Gasteiger partial charge is 0.506 e. The zero-order valence-corrected chi connectivity index (χ0v) is 21.9. The highest BCUT2D eigenvalue weighted by molar-refractivity contribution is 8.93. The van der Waals surface area contributed by atoms with Gasteiger partial charge in [0.25, 0.3) is 0 Å². The third kappa shape index (κ3) is 9.45. The molecule has 0 saturated heterocycles. The Balaban J connectivity index is 0.00000240. The topological polar surface area (TPSA) is 77.2 Å². The fraction of sp³-hybridized carbons (Fsp3) is 0.435. The Morgan fingerprint density at radius 2 is 1.45 bits per heavy atom. The van der Waals surface area contributed by atoms with E-state index in [4.69, 9.17) is 0 Å². The lowest BCUT2D eigenvalue weighted by Crippen LogP contribution is -2.19. The van der Waals surface area contributed by atoms with Crippen molar-refractivity contribution in [2.75, 3.05) is 26.2 Å². The molecule has 8 heteroatoms. The number of halogens is 2. The number of aromatic nitrogens is 1. The second-order valence-corrected chi connectivity index (χ2v) is 8.35. The maximum absolute atomic E-state index is 11.5. The molecule has 172 valence electrons. The molecule has 4 N–H and O–H groups in total. The number of unbranched alkanes of at least 4 members (excludes halogenated alkanes) is 3. The van der Waals surface area contributed by atoms with E-state index in [2.05, 4.69) is 45.9 Å². The SMILES string of the molecule is Br.Br.O=c1[nH]c2c(O)ccc(CCNCCCCCCNCCc3ccccc3)c2s1. The van der Waals surface area contributed by atoms with Gasteiger partial charge in [0.15, 0.2) is 0 Å². The number of fused-ring (bicyclic) bond motifs is 1. The molecule has 0 unspecified atom stereocenters. The van der Waals surface area contributed by atoms with Gasteiger partial charge >= 0.3 is 4.87 Å². The van der Waals surface area contributed by atoms with E-state index in [1.54, 1.807) is 6.07 Å². The van der Waals surface area contributed by atoms with E-state index in [1.165, 1.54) is 42.6 Å². The van der Waals surface area contributed by atoms with E-state index in [0.29, 0.717) is 5.52 Å². The summed E-state index contributed by atoms with van der Waals surface area (Å²) >= 11 is 1.17. The zero-order valence-electron chi connectivity index (χ0n) is 17.7. The predicted molar refractivity (Wildman–Crippen MR) is 143 cm³/mol. The summed E-state index contributed by atoms with van der Waals surface area (Å²) < 4.78 is 0.872. The Hall–Kier alpha value is -1.19. The van der Waals surface area contributed by atoms with Gasteiger partial charge in [-0.2, -0.15) is 0 Å². The number of aromatic hydroxyl groups is 1.